The van der Waals surface area contributed by atoms with Gasteiger partial charge in [0.1, 0.15) is 5.82 Å². The van der Waals surface area contributed by atoms with Gasteiger partial charge in [-0.15, -0.1) is 0 Å². The second-order valence-electron chi connectivity index (χ2n) is 5.56. The summed E-state index contributed by atoms with van der Waals surface area (Å²) in [5.74, 6) is -0.225. The van der Waals surface area contributed by atoms with Crippen LogP contribution in [0.15, 0.2) is 18.2 Å². The summed E-state index contributed by atoms with van der Waals surface area (Å²) in [6, 6.07) is 4.77. The third kappa shape index (κ3) is 2.95. The molecule has 1 aromatic carbocycles. The third-order valence-electron chi connectivity index (χ3n) is 3.73. The van der Waals surface area contributed by atoms with E-state index in [1.165, 1.54) is 6.07 Å². The zero-order chi connectivity index (χ0) is 14.0. The minimum Gasteiger partial charge on any atom is -0.336 e. The van der Waals surface area contributed by atoms with E-state index in [1.807, 2.05) is 6.92 Å². The van der Waals surface area contributed by atoms with Crippen molar-refractivity contribution in [1.29, 1.82) is 0 Å². The van der Waals surface area contributed by atoms with E-state index in [1.54, 1.807) is 24.0 Å². The summed E-state index contributed by atoms with van der Waals surface area (Å²) >= 11 is 0. The summed E-state index contributed by atoms with van der Waals surface area (Å²) in [7, 11) is 0. The summed E-state index contributed by atoms with van der Waals surface area (Å²) in [5, 5.41) is 0. The molecule has 1 atom stereocenters. The lowest BCUT2D eigenvalue weighted by Gasteiger charge is -2.35. The molecule has 2 N–H and O–H groups in total. The number of halogens is 1. The molecule has 19 heavy (non-hydrogen) atoms. The zero-order valence-corrected chi connectivity index (χ0v) is 11.6. The van der Waals surface area contributed by atoms with E-state index >= 15 is 0 Å². The van der Waals surface area contributed by atoms with E-state index in [4.69, 9.17) is 5.73 Å². The number of carbonyl (C=O) groups excluding carboxylic acids is 1. The average Bonchev–Trinajstić information content (AvgIpc) is 2.37. The summed E-state index contributed by atoms with van der Waals surface area (Å²) in [6.07, 6.45) is 2.26. The monoisotopic (exact) mass is 264 g/mol. The van der Waals surface area contributed by atoms with Crippen molar-refractivity contribution in [3.8, 4) is 0 Å². The Bertz CT molecular complexity index is 485. The van der Waals surface area contributed by atoms with Crippen molar-refractivity contribution in [2.45, 2.75) is 45.2 Å². The van der Waals surface area contributed by atoms with Crippen molar-refractivity contribution in [3.05, 3.63) is 35.1 Å². The molecule has 1 aromatic rings. The van der Waals surface area contributed by atoms with Crippen LogP contribution in [0.3, 0.4) is 0 Å². The normalized spacial score (nSPS) is 17.8. The molecule has 1 aliphatic rings. The smallest absolute Gasteiger partial charge is 0.242 e. The molecule has 0 radical (unpaired) electrons. The van der Waals surface area contributed by atoms with Gasteiger partial charge in [-0.2, -0.15) is 0 Å². The number of rotatable bonds is 3. The van der Waals surface area contributed by atoms with Crippen LogP contribution in [0.1, 0.15) is 37.8 Å². The zero-order valence-electron chi connectivity index (χ0n) is 11.6. The Morgan fingerprint density at radius 1 is 1.47 bits per heavy atom. The molecule has 0 saturated heterocycles. The van der Waals surface area contributed by atoms with Gasteiger partial charge in [0.25, 0.3) is 0 Å². The van der Waals surface area contributed by atoms with Gasteiger partial charge in [0.15, 0.2) is 0 Å². The van der Waals surface area contributed by atoms with Crippen LogP contribution >= 0.6 is 0 Å². The van der Waals surface area contributed by atoms with Crippen LogP contribution in [-0.2, 0) is 17.8 Å². The van der Waals surface area contributed by atoms with E-state index in [-0.39, 0.29) is 11.7 Å². The van der Waals surface area contributed by atoms with Crippen molar-refractivity contribution in [1.82, 2.24) is 4.90 Å². The Balaban J connectivity index is 2.14. The van der Waals surface area contributed by atoms with Gasteiger partial charge in [0, 0.05) is 13.1 Å². The number of hydrogen-bond donors (Lipinski definition) is 1. The van der Waals surface area contributed by atoms with Crippen LogP contribution in [0.2, 0.25) is 0 Å². The molecule has 0 saturated carbocycles. The lowest BCUT2D eigenvalue weighted by molar-refractivity contribution is -0.137. The Kier molecular flexibility index (Phi) is 3.90. The molecule has 1 aliphatic heterocycles. The van der Waals surface area contributed by atoms with Crippen molar-refractivity contribution >= 4 is 5.91 Å². The molecule has 1 heterocycles. The lowest BCUT2D eigenvalue weighted by atomic mass is 9.93. The van der Waals surface area contributed by atoms with E-state index < -0.39 is 5.54 Å². The second kappa shape index (κ2) is 5.29. The van der Waals surface area contributed by atoms with Gasteiger partial charge in [-0.25, -0.2) is 4.39 Å². The first kappa shape index (κ1) is 14.0. The summed E-state index contributed by atoms with van der Waals surface area (Å²) in [4.78, 5) is 14.2. The van der Waals surface area contributed by atoms with Gasteiger partial charge < -0.3 is 10.6 Å². The first-order valence-electron chi connectivity index (χ1n) is 6.79. The Morgan fingerprint density at radius 2 is 2.21 bits per heavy atom. The van der Waals surface area contributed by atoms with Crippen molar-refractivity contribution in [3.63, 3.8) is 0 Å². The molecule has 3 nitrogen and oxygen atoms in total. The first-order chi connectivity index (χ1) is 8.94. The van der Waals surface area contributed by atoms with Crippen molar-refractivity contribution in [2.24, 2.45) is 5.73 Å². The fourth-order valence-corrected chi connectivity index (χ4v) is 2.68. The molecule has 104 valence electrons. The van der Waals surface area contributed by atoms with Crippen LogP contribution in [0.25, 0.3) is 0 Å². The lowest BCUT2D eigenvalue weighted by Crippen LogP contribution is -2.54. The highest BCUT2D eigenvalue weighted by Crippen LogP contribution is 2.23. The number of nitrogens with zero attached hydrogens (tertiary/aromatic N) is 1. The topological polar surface area (TPSA) is 46.3 Å². The maximum atomic E-state index is 13.1. The second-order valence-corrected chi connectivity index (χ2v) is 5.56. The highest BCUT2D eigenvalue weighted by Gasteiger charge is 2.33. The standard InChI is InChI=1S/C15H21FN2O/c1-3-7-15(2,17)14(19)18-8-6-11-9-13(16)5-4-12(11)10-18/h4-5,9H,3,6-8,10,17H2,1-2H3. The van der Waals surface area contributed by atoms with E-state index in [0.717, 1.165) is 17.5 Å². The van der Waals surface area contributed by atoms with Crippen LogP contribution in [0, 0.1) is 5.82 Å². The predicted molar refractivity (Wildman–Crippen MR) is 73.0 cm³/mol. The first-order valence-corrected chi connectivity index (χ1v) is 6.79. The number of nitrogens with two attached hydrogens (primary N) is 1. The van der Waals surface area contributed by atoms with Crippen LogP contribution in [0.4, 0.5) is 4.39 Å². The van der Waals surface area contributed by atoms with Crippen molar-refractivity contribution < 1.29 is 9.18 Å². The molecule has 2 rings (SSSR count). The Morgan fingerprint density at radius 3 is 2.89 bits per heavy atom. The molecule has 0 spiro atoms. The van der Waals surface area contributed by atoms with E-state index in [9.17, 15) is 9.18 Å². The van der Waals surface area contributed by atoms with E-state index in [0.29, 0.717) is 25.9 Å². The van der Waals surface area contributed by atoms with Gasteiger partial charge >= 0.3 is 0 Å². The van der Waals surface area contributed by atoms with Gasteiger partial charge in [0.05, 0.1) is 5.54 Å². The number of fused-ring (bicyclic) bond motifs is 1. The fourth-order valence-electron chi connectivity index (χ4n) is 2.68. The number of hydrogen-bond acceptors (Lipinski definition) is 2. The largest absolute Gasteiger partial charge is 0.336 e. The quantitative estimate of drug-likeness (QED) is 0.910. The van der Waals surface area contributed by atoms with Crippen LogP contribution < -0.4 is 5.73 Å². The molecule has 0 aromatic heterocycles. The van der Waals surface area contributed by atoms with E-state index in [2.05, 4.69) is 0 Å². The number of benzene rings is 1. The highest BCUT2D eigenvalue weighted by atomic mass is 19.1. The third-order valence-corrected chi connectivity index (χ3v) is 3.73. The summed E-state index contributed by atoms with van der Waals surface area (Å²) in [5.41, 5.74) is 7.32. The number of amides is 1. The predicted octanol–water partition coefficient (Wildman–Crippen LogP) is 2.23. The Labute approximate surface area is 113 Å². The molecular formula is C15H21FN2O. The average molecular weight is 264 g/mol. The summed E-state index contributed by atoms with van der Waals surface area (Å²) < 4.78 is 13.1. The van der Waals surface area contributed by atoms with Gasteiger partial charge in [-0.3, -0.25) is 4.79 Å². The van der Waals surface area contributed by atoms with Crippen LogP contribution in [-0.4, -0.2) is 22.9 Å². The molecular weight excluding hydrogens is 243 g/mol. The fraction of sp³-hybridized carbons (Fsp3) is 0.533. The highest BCUT2D eigenvalue weighted by molar-refractivity contribution is 5.85. The molecule has 1 amide bonds. The maximum absolute atomic E-state index is 13.1. The molecule has 0 fully saturated rings. The summed E-state index contributed by atoms with van der Waals surface area (Å²) in [6.45, 7) is 4.96. The Hall–Kier alpha value is -1.42. The minimum atomic E-state index is -0.799. The minimum absolute atomic E-state index is 0.00988. The van der Waals surface area contributed by atoms with Crippen LogP contribution in [0.5, 0.6) is 0 Å². The maximum Gasteiger partial charge on any atom is 0.242 e. The van der Waals surface area contributed by atoms with Gasteiger partial charge in [-0.05, 0) is 43.0 Å². The molecule has 1 unspecified atom stereocenters. The van der Waals surface area contributed by atoms with Gasteiger partial charge in [0.2, 0.25) is 5.91 Å². The molecule has 0 bridgehead atoms. The van der Waals surface area contributed by atoms with Gasteiger partial charge in [-0.1, -0.05) is 19.4 Å². The molecule has 4 heteroatoms. The SMILES string of the molecule is CCCC(C)(N)C(=O)N1CCc2cc(F)ccc2C1. The molecule has 0 aliphatic carbocycles. The number of carbonyl (C=O) groups is 1. The van der Waals surface area contributed by atoms with Crippen molar-refractivity contribution in [2.75, 3.05) is 6.54 Å².